The van der Waals surface area contributed by atoms with Crippen LogP contribution >= 0.6 is 0 Å². The predicted octanol–water partition coefficient (Wildman–Crippen LogP) is 1.81. The van der Waals surface area contributed by atoms with E-state index in [1.165, 1.54) is 0 Å². The maximum Gasteiger partial charge on any atom is 0.0933 e. The quantitative estimate of drug-likeness (QED) is 0.515. The molecule has 0 N–H and O–H groups in total. The van der Waals surface area contributed by atoms with Crippen molar-refractivity contribution in [1.29, 1.82) is 0 Å². The first kappa shape index (κ1) is 6.96. The van der Waals surface area contributed by atoms with Gasteiger partial charge in [0.1, 0.15) is 0 Å². The van der Waals surface area contributed by atoms with Crippen LogP contribution in [0.25, 0.3) is 0 Å². The van der Waals surface area contributed by atoms with Crippen LogP contribution in [0.2, 0.25) is 0 Å². The Bertz CT molecular complexity index is 33.2. The molecule has 1 atom stereocenters. The van der Waals surface area contributed by atoms with E-state index in [0.29, 0.717) is 0 Å². The number of rotatable bonds is 3. The van der Waals surface area contributed by atoms with Gasteiger partial charge in [0.25, 0.3) is 0 Å². The second-order valence-corrected chi connectivity index (χ2v) is 1.73. The van der Waals surface area contributed by atoms with E-state index in [4.69, 9.17) is 0 Å². The van der Waals surface area contributed by atoms with Gasteiger partial charge in [-0.1, -0.05) is 13.3 Å². The van der Waals surface area contributed by atoms with Gasteiger partial charge in [-0.15, -0.1) is 0 Å². The number of unbranched alkanes of at least 4 members (excludes halogenated alkanes) is 1. The summed E-state index contributed by atoms with van der Waals surface area (Å²) in [7, 11) is 0. The maximum atomic E-state index is 10.2. The third-order valence-corrected chi connectivity index (χ3v) is 0.787. The van der Waals surface area contributed by atoms with Crippen LogP contribution in [0.15, 0.2) is 0 Å². The summed E-state index contributed by atoms with van der Waals surface area (Å²) in [6.07, 6.45) is 3.37. The molecule has 0 saturated heterocycles. The third-order valence-electron chi connectivity index (χ3n) is 0.787. The average Bonchev–Trinajstić information content (AvgIpc) is 1.61. The molecule has 0 aromatic heterocycles. The molecule has 7 heavy (non-hydrogen) atoms. The molecule has 0 bridgehead atoms. The Morgan fingerprint density at radius 3 is 2.43 bits per heavy atom. The molecular formula is C6H12O. The molecule has 1 unspecified atom stereocenters. The fourth-order valence-corrected chi connectivity index (χ4v) is 0.401. The first-order valence-electron chi connectivity index (χ1n) is 2.76. The molecule has 0 aliphatic rings. The Labute approximate surface area is 45.4 Å². The van der Waals surface area contributed by atoms with Gasteiger partial charge in [-0.25, -0.2) is 5.11 Å². The first-order valence-corrected chi connectivity index (χ1v) is 2.76. The lowest BCUT2D eigenvalue weighted by Gasteiger charge is -1.94. The summed E-state index contributed by atoms with van der Waals surface area (Å²) in [6, 6.07) is 0. The molecule has 2 radical (unpaired) electrons. The topological polar surface area (TPSA) is 19.9 Å². The Balaban J connectivity index is 2.68. The maximum absolute atomic E-state index is 10.2. The molecule has 1 heteroatoms. The second-order valence-electron chi connectivity index (χ2n) is 1.73. The largest absolute Gasteiger partial charge is 0.233 e. The van der Waals surface area contributed by atoms with E-state index in [0.717, 1.165) is 12.8 Å². The highest BCUT2D eigenvalue weighted by Crippen LogP contribution is 1.96. The van der Waals surface area contributed by atoms with Crippen LogP contribution in [-0.2, 0) is 5.11 Å². The predicted molar refractivity (Wildman–Crippen MR) is 29.4 cm³/mol. The highest BCUT2D eigenvalue weighted by Gasteiger charge is 1.93. The molecule has 1 nitrogen and oxygen atoms in total. The minimum absolute atomic E-state index is 0.472. The minimum atomic E-state index is -0.472. The van der Waals surface area contributed by atoms with E-state index in [9.17, 15) is 5.11 Å². The van der Waals surface area contributed by atoms with Crippen LogP contribution in [0.3, 0.4) is 0 Å². The van der Waals surface area contributed by atoms with E-state index in [-0.39, 0.29) is 0 Å². The Kier molecular flexibility index (Phi) is 4.10. The van der Waals surface area contributed by atoms with Gasteiger partial charge in [0, 0.05) is 0 Å². The molecule has 0 rings (SSSR count). The van der Waals surface area contributed by atoms with Crippen molar-refractivity contribution in [3.63, 3.8) is 0 Å². The van der Waals surface area contributed by atoms with Crippen LogP contribution in [0, 0.1) is 6.42 Å². The van der Waals surface area contributed by atoms with Crippen LogP contribution in [0.5, 0.6) is 0 Å². The fraction of sp³-hybridized carbons (Fsp3) is 0.833. The standard InChI is InChI=1S/C6H12O/c1-3-4-5-6(2)7/h5-6H,3-4H2,1-2H3. The van der Waals surface area contributed by atoms with Crippen molar-refractivity contribution in [3.05, 3.63) is 6.42 Å². The summed E-state index contributed by atoms with van der Waals surface area (Å²) in [4.78, 5) is 0. The van der Waals surface area contributed by atoms with E-state index >= 15 is 0 Å². The summed E-state index contributed by atoms with van der Waals surface area (Å²) in [5, 5.41) is 10.2. The van der Waals surface area contributed by atoms with Crippen molar-refractivity contribution < 1.29 is 5.11 Å². The van der Waals surface area contributed by atoms with Gasteiger partial charge in [-0.05, 0) is 19.8 Å². The van der Waals surface area contributed by atoms with E-state index in [1.807, 2.05) is 0 Å². The Hall–Kier alpha value is -0.0400. The van der Waals surface area contributed by atoms with Gasteiger partial charge in [0.05, 0.1) is 6.10 Å². The zero-order chi connectivity index (χ0) is 5.70. The van der Waals surface area contributed by atoms with Crippen molar-refractivity contribution in [2.75, 3.05) is 0 Å². The molecule has 0 heterocycles. The van der Waals surface area contributed by atoms with Crippen molar-refractivity contribution in [2.24, 2.45) is 0 Å². The molecule has 0 aromatic carbocycles. The molecule has 42 valence electrons. The van der Waals surface area contributed by atoms with Gasteiger partial charge < -0.3 is 0 Å². The summed E-state index contributed by atoms with van der Waals surface area (Å²) in [5.74, 6) is 0. The second kappa shape index (κ2) is 4.13. The molecule has 0 amide bonds. The van der Waals surface area contributed by atoms with Crippen molar-refractivity contribution in [1.82, 2.24) is 0 Å². The molecular weight excluding hydrogens is 88.1 g/mol. The molecule has 0 saturated carbocycles. The zero-order valence-electron chi connectivity index (χ0n) is 4.98. The number of hydrogen-bond acceptors (Lipinski definition) is 0. The van der Waals surface area contributed by atoms with Gasteiger partial charge in [-0.3, -0.25) is 0 Å². The smallest absolute Gasteiger partial charge is 0.0933 e. The lowest BCUT2D eigenvalue weighted by atomic mass is 10.2. The summed E-state index contributed by atoms with van der Waals surface area (Å²) in [6.45, 7) is 3.73. The SMILES string of the molecule is CCC[CH]C(C)[O]. The van der Waals surface area contributed by atoms with Gasteiger partial charge in [-0.2, -0.15) is 0 Å². The molecule has 0 fully saturated rings. The van der Waals surface area contributed by atoms with Crippen LogP contribution in [0.1, 0.15) is 26.7 Å². The van der Waals surface area contributed by atoms with Gasteiger partial charge in [0.2, 0.25) is 0 Å². The normalized spacial score (nSPS) is 14.1. The van der Waals surface area contributed by atoms with Crippen LogP contribution < -0.4 is 0 Å². The number of hydrogen-bond donors (Lipinski definition) is 0. The lowest BCUT2D eigenvalue weighted by Crippen LogP contribution is -1.96. The van der Waals surface area contributed by atoms with Gasteiger partial charge >= 0.3 is 0 Å². The minimum Gasteiger partial charge on any atom is -0.233 e. The third kappa shape index (κ3) is 5.96. The van der Waals surface area contributed by atoms with E-state index < -0.39 is 6.10 Å². The van der Waals surface area contributed by atoms with E-state index in [2.05, 4.69) is 6.92 Å². The summed E-state index contributed by atoms with van der Waals surface area (Å²) >= 11 is 0. The first-order chi connectivity index (χ1) is 3.27. The average molecular weight is 100 g/mol. The van der Waals surface area contributed by atoms with Crippen molar-refractivity contribution in [2.45, 2.75) is 32.8 Å². The molecule has 0 aliphatic carbocycles. The monoisotopic (exact) mass is 100 g/mol. The Morgan fingerprint density at radius 1 is 1.71 bits per heavy atom. The highest BCUT2D eigenvalue weighted by atomic mass is 16.3. The lowest BCUT2D eigenvalue weighted by molar-refractivity contribution is 0.129. The van der Waals surface area contributed by atoms with Crippen molar-refractivity contribution in [3.8, 4) is 0 Å². The van der Waals surface area contributed by atoms with Crippen molar-refractivity contribution >= 4 is 0 Å². The highest BCUT2D eigenvalue weighted by molar-refractivity contribution is 4.68. The Morgan fingerprint density at radius 2 is 2.29 bits per heavy atom. The van der Waals surface area contributed by atoms with Crippen LogP contribution in [-0.4, -0.2) is 6.10 Å². The summed E-state index contributed by atoms with van der Waals surface area (Å²) in [5.41, 5.74) is 0. The van der Waals surface area contributed by atoms with E-state index in [1.54, 1.807) is 13.3 Å². The molecule has 0 aliphatic heterocycles. The zero-order valence-corrected chi connectivity index (χ0v) is 4.98. The van der Waals surface area contributed by atoms with Crippen LogP contribution in [0.4, 0.5) is 0 Å². The molecule has 0 spiro atoms. The molecule has 0 aromatic rings. The summed E-state index contributed by atoms with van der Waals surface area (Å²) < 4.78 is 0. The fourth-order valence-electron chi connectivity index (χ4n) is 0.401. The van der Waals surface area contributed by atoms with Gasteiger partial charge in [0.15, 0.2) is 0 Å².